The van der Waals surface area contributed by atoms with Crippen molar-refractivity contribution in [2.24, 2.45) is 5.92 Å². The number of ketones is 1. The molecule has 0 aromatic carbocycles. The average molecular weight is 215 g/mol. The Morgan fingerprint density at radius 3 is 2.67 bits per heavy atom. The fourth-order valence-corrected chi connectivity index (χ4v) is 1.13. The normalized spacial score (nSPS) is 16.7. The van der Waals surface area contributed by atoms with Crippen LogP contribution in [0.25, 0.3) is 0 Å². The smallest absolute Gasteiger partial charge is 0.160 e. The Bertz CT molecular complexity index is 190. The van der Waals surface area contributed by atoms with Gasteiger partial charge in [-0.15, -0.1) is 0 Å². The Labute approximate surface area is 91.3 Å². The zero-order chi connectivity index (χ0) is 11.1. The minimum absolute atomic E-state index is 0.0716. The van der Waals surface area contributed by atoms with Crippen LogP contribution in [0.2, 0.25) is 0 Å². The van der Waals surface area contributed by atoms with E-state index >= 15 is 0 Å². The van der Waals surface area contributed by atoms with Gasteiger partial charge in [-0.05, 0) is 6.42 Å². The summed E-state index contributed by atoms with van der Waals surface area (Å²) in [4.78, 5) is 11.2. The van der Waals surface area contributed by atoms with Crippen LogP contribution in [0.1, 0.15) is 20.3 Å². The summed E-state index contributed by atoms with van der Waals surface area (Å²) in [5.41, 5.74) is 0. The molecule has 0 bridgehead atoms. The molecule has 0 amide bonds. The maximum atomic E-state index is 11.2. The van der Waals surface area contributed by atoms with Crippen LogP contribution in [0, 0.1) is 5.92 Å². The molecule has 1 aliphatic heterocycles. The van der Waals surface area contributed by atoms with Crippen LogP contribution in [-0.4, -0.2) is 44.8 Å². The fourth-order valence-electron chi connectivity index (χ4n) is 1.13. The molecule has 1 rings (SSSR count). The molecule has 1 heterocycles. The van der Waals surface area contributed by atoms with Gasteiger partial charge >= 0.3 is 0 Å². The van der Waals surface area contributed by atoms with E-state index in [-0.39, 0.29) is 18.3 Å². The quantitative estimate of drug-likeness (QED) is 0.603. The topological polar surface area (TPSA) is 47.6 Å². The third kappa shape index (κ3) is 5.25. The van der Waals surface area contributed by atoms with Gasteiger partial charge in [0, 0.05) is 32.2 Å². The number of hydrogen-bond donors (Lipinski definition) is 1. The van der Waals surface area contributed by atoms with Crippen LogP contribution in [0.3, 0.4) is 0 Å². The van der Waals surface area contributed by atoms with Crippen molar-refractivity contribution in [1.82, 2.24) is 5.32 Å². The summed E-state index contributed by atoms with van der Waals surface area (Å²) < 4.78 is 10.8. The molecule has 0 aromatic rings. The minimum atomic E-state index is 0.0716. The van der Waals surface area contributed by atoms with Crippen molar-refractivity contribution < 1.29 is 14.3 Å². The van der Waals surface area contributed by atoms with Crippen LogP contribution < -0.4 is 5.32 Å². The SMILES string of the molecule is CC(C)C(=O)COCCCOC1CNC1. The van der Waals surface area contributed by atoms with Crippen LogP contribution in [0.5, 0.6) is 0 Å². The van der Waals surface area contributed by atoms with E-state index in [1.165, 1.54) is 0 Å². The zero-order valence-corrected chi connectivity index (χ0v) is 9.62. The summed E-state index contributed by atoms with van der Waals surface area (Å²) in [6, 6.07) is 0. The van der Waals surface area contributed by atoms with E-state index in [1.807, 2.05) is 13.8 Å². The van der Waals surface area contributed by atoms with Crippen LogP contribution in [0.15, 0.2) is 0 Å². The maximum Gasteiger partial charge on any atom is 0.160 e. The molecule has 1 N–H and O–H groups in total. The highest BCUT2D eigenvalue weighted by atomic mass is 16.5. The molecule has 0 aliphatic carbocycles. The molecule has 4 heteroatoms. The molecule has 0 saturated carbocycles. The first-order valence-electron chi connectivity index (χ1n) is 5.63. The highest BCUT2D eigenvalue weighted by Crippen LogP contribution is 1.99. The predicted octanol–water partition coefficient (Wildman–Crippen LogP) is 0.607. The van der Waals surface area contributed by atoms with Crippen molar-refractivity contribution in [3.63, 3.8) is 0 Å². The molecule has 0 spiro atoms. The van der Waals surface area contributed by atoms with Gasteiger partial charge in [-0.2, -0.15) is 0 Å². The number of Topliss-reactive ketones (excluding diaryl/α,β-unsaturated/α-hetero) is 1. The third-order valence-corrected chi connectivity index (χ3v) is 2.42. The lowest BCUT2D eigenvalue weighted by molar-refractivity contribution is -0.126. The number of hydrogen-bond acceptors (Lipinski definition) is 4. The Hall–Kier alpha value is -0.450. The summed E-state index contributed by atoms with van der Waals surface area (Å²) in [6.45, 7) is 7.28. The summed E-state index contributed by atoms with van der Waals surface area (Å²) in [5.74, 6) is 0.237. The lowest BCUT2D eigenvalue weighted by Gasteiger charge is -2.27. The van der Waals surface area contributed by atoms with E-state index in [0.717, 1.165) is 26.1 Å². The number of carbonyl (C=O) groups is 1. The lowest BCUT2D eigenvalue weighted by Crippen LogP contribution is -2.48. The van der Waals surface area contributed by atoms with Gasteiger partial charge in [0.1, 0.15) is 6.61 Å². The summed E-state index contributed by atoms with van der Waals surface area (Å²) in [5, 5.41) is 3.14. The lowest BCUT2D eigenvalue weighted by atomic mass is 10.1. The Balaban J connectivity index is 1.82. The van der Waals surface area contributed by atoms with Gasteiger partial charge in [0.25, 0.3) is 0 Å². The number of ether oxygens (including phenoxy) is 2. The predicted molar refractivity (Wildman–Crippen MR) is 57.9 cm³/mol. The first kappa shape index (κ1) is 12.6. The highest BCUT2D eigenvalue weighted by Gasteiger charge is 2.16. The molecule has 1 aliphatic rings. The summed E-state index contributed by atoms with van der Waals surface area (Å²) in [6.07, 6.45) is 1.25. The van der Waals surface area contributed by atoms with Crippen molar-refractivity contribution >= 4 is 5.78 Å². The highest BCUT2D eigenvalue weighted by molar-refractivity contribution is 5.81. The second-order valence-corrected chi connectivity index (χ2v) is 4.18. The largest absolute Gasteiger partial charge is 0.375 e. The summed E-state index contributed by atoms with van der Waals surface area (Å²) >= 11 is 0. The second kappa shape index (κ2) is 6.93. The van der Waals surface area contributed by atoms with Gasteiger partial charge in [0.2, 0.25) is 0 Å². The molecular formula is C11H21NO3. The summed E-state index contributed by atoms with van der Waals surface area (Å²) in [7, 11) is 0. The minimum Gasteiger partial charge on any atom is -0.375 e. The fraction of sp³-hybridized carbons (Fsp3) is 0.909. The van der Waals surface area contributed by atoms with E-state index in [1.54, 1.807) is 0 Å². The third-order valence-electron chi connectivity index (χ3n) is 2.42. The molecule has 15 heavy (non-hydrogen) atoms. The number of carbonyl (C=O) groups excluding carboxylic acids is 1. The molecule has 1 fully saturated rings. The van der Waals surface area contributed by atoms with Gasteiger partial charge in [0.05, 0.1) is 6.10 Å². The van der Waals surface area contributed by atoms with Crippen LogP contribution >= 0.6 is 0 Å². The molecule has 0 aromatic heterocycles. The molecule has 0 atom stereocenters. The number of nitrogens with one attached hydrogen (secondary N) is 1. The zero-order valence-electron chi connectivity index (χ0n) is 9.62. The standard InChI is InChI=1S/C11H21NO3/c1-9(2)11(13)8-14-4-3-5-15-10-6-12-7-10/h9-10,12H,3-8H2,1-2H3. The maximum absolute atomic E-state index is 11.2. The van der Waals surface area contributed by atoms with Gasteiger partial charge in [-0.3, -0.25) is 4.79 Å². The Morgan fingerprint density at radius 1 is 1.40 bits per heavy atom. The Morgan fingerprint density at radius 2 is 2.13 bits per heavy atom. The van der Waals surface area contributed by atoms with Crippen molar-refractivity contribution in [2.75, 3.05) is 32.9 Å². The molecule has 0 unspecified atom stereocenters. The van der Waals surface area contributed by atoms with Gasteiger partial charge < -0.3 is 14.8 Å². The van der Waals surface area contributed by atoms with E-state index in [2.05, 4.69) is 5.32 Å². The van der Waals surface area contributed by atoms with Crippen LogP contribution in [-0.2, 0) is 14.3 Å². The van der Waals surface area contributed by atoms with E-state index < -0.39 is 0 Å². The van der Waals surface area contributed by atoms with E-state index in [9.17, 15) is 4.79 Å². The monoisotopic (exact) mass is 215 g/mol. The first-order chi connectivity index (χ1) is 7.20. The van der Waals surface area contributed by atoms with Crippen molar-refractivity contribution in [3.8, 4) is 0 Å². The average Bonchev–Trinajstić information content (AvgIpc) is 2.13. The van der Waals surface area contributed by atoms with Gasteiger partial charge in [0.15, 0.2) is 5.78 Å². The van der Waals surface area contributed by atoms with Gasteiger partial charge in [-0.25, -0.2) is 0 Å². The molecule has 4 nitrogen and oxygen atoms in total. The Kier molecular flexibility index (Phi) is 5.83. The molecular weight excluding hydrogens is 194 g/mol. The van der Waals surface area contributed by atoms with Crippen molar-refractivity contribution in [2.45, 2.75) is 26.4 Å². The van der Waals surface area contributed by atoms with Crippen molar-refractivity contribution in [3.05, 3.63) is 0 Å². The van der Waals surface area contributed by atoms with Crippen molar-refractivity contribution in [1.29, 1.82) is 0 Å². The number of rotatable bonds is 8. The molecule has 88 valence electrons. The van der Waals surface area contributed by atoms with E-state index in [4.69, 9.17) is 9.47 Å². The first-order valence-corrected chi connectivity index (χ1v) is 5.63. The molecule has 1 saturated heterocycles. The molecule has 0 radical (unpaired) electrons. The second-order valence-electron chi connectivity index (χ2n) is 4.18. The van der Waals surface area contributed by atoms with Crippen LogP contribution in [0.4, 0.5) is 0 Å². The van der Waals surface area contributed by atoms with Gasteiger partial charge in [-0.1, -0.05) is 13.8 Å². The van der Waals surface area contributed by atoms with E-state index in [0.29, 0.717) is 12.7 Å².